The van der Waals surface area contributed by atoms with Crippen LogP contribution in [0.2, 0.25) is 0 Å². The second kappa shape index (κ2) is 6.07. The van der Waals surface area contributed by atoms with Crippen molar-refractivity contribution in [2.45, 2.75) is 12.3 Å². The van der Waals surface area contributed by atoms with E-state index in [0.717, 1.165) is 29.7 Å². The van der Waals surface area contributed by atoms with Gasteiger partial charge in [0.05, 0.1) is 12.3 Å². The summed E-state index contributed by atoms with van der Waals surface area (Å²) >= 11 is 9.45. The van der Waals surface area contributed by atoms with Gasteiger partial charge in [0.2, 0.25) is 0 Å². The van der Waals surface area contributed by atoms with Crippen LogP contribution < -0.4 is 4.90 Å². The molecule has 0 N–H and O–H groups in total. The molecule has 17 heavy (non-hydrogen) atoms. The summed E-state index contributed by atoms with van der Waals surface area (Å²) in [7, 11) is 1.77. The fraction of sp³-hybridized carbons (Fsp3) is 0.538. The van der Waals surface area contributed by atoms with E-state index < -0.39 is 0 Å². The molecule has 0 aromatic heterocycles. The first-order valence-corrected chi connectivity index (χ1v) is 7.15. The van der Waals surface area contributed by atoms with E-state index >= 15 is 0 Å². The van der Waals surface area contributed by atoms with Gasteiger partial charge >= 0.3 is 0 Å². The lowest BCUT2D eigenvalue weighted by molar-refractivity contribution is 0.161. The number of hydrogen-bond donors (Lipinski definition) is 0. The monoisotopic (exact) mass is 317 g/mol. The zero-order valence-corrected chi connectivity index (χ0v) is 12.3. The molecule has 0 radical (unpaired) electrons. The fourth-order valence-electron chi connectivity index (χ4n) is 2.31. The molecule has 1 fully saturated rings. The van der Waals surface area contributed by atoms with E-state index in [1.54, 1.807) is 7.11 Å². The molecule has 0 spiro atoms. The van der Waals surface area contributed by atoms with Crippen molar-refractivity contribution in [1.82, 2.24) is 0 Å². The van der Waals surface area contributed by atoms with Crippen LogP contribution in [0.25, 0.3) is 0 Å². The molecule has 1 unspecified atom stereocenters. The Morgan fingerprint density at radius 1 is 1.53 bits per heavy atom. The molecule has 1 aliphatic heterocycles. The predicted molar refractivity (Wildman–Crippen MR) is 75.9 cm³/mol. The molecule has 1 aliphatic rings. The summed E-state index contributed by atoms with van der Waals surface area (Å²) in [6, 6.07) is 6.35. The Labute approximate surface area is 116 Å². The van der Waals surface area contributed by atoms with Crippen molar-refractivity contribution in [3.63, 3.8) is 0 Å². The van der Waals surface area contributed by atoms with Crippen LogP contribution in [0.15, 0.2) is 22.7 Å². The van der Waals surface area contributed by atoms with Crippen LogP contribution in [-0.2, 0) is 10.6 Å². The average Bonchev–Trinajstić information content (AvgIpc) is 2.78. The second-order valence-corrected chi connectivity index (χ2v) is 5.60. The summed E-state index contributed by atoms with van der Waals surface area (Å²) < 4.78 is 6.35. The van der Waals surface area contributed by atoms with E-state index in [1.807, 2.05) is 0 Å². The SMILES string of the molecule is COCC1CCN(c2ccc(CCl)cc2Br)C1. The normalized spacial score (nSPS) is 19.9. The lowest BCUT2D eigenvalue weighted by Gasteiger charge is -2.20. The second-order valence-electron chi connectivity index (χ2n) is 4.48. The molecule has 1 saturated heterocycles. The summed E-state index contributed by atoms with van der Waals surface area (Å²) in [4.78, 5) is 2.41. The molecule has 4 heteroatoms. The van der Waals surface area contributed by atoms with Crippen LogP contribution in [-0.4, -0.2) is 26.8 Å². The number of alkyl halides is 1. The topological polar surface area (TPSA) is 12.5 Å². The van der Waals surface area contributed by atoms with Crippen LogP contribution in [0.3, 0.4) is 0 Å². The van der Waals surface area contributed by atoms with Gasteiger partial charge in [-0.1, -0.05) is 6.07 Å². The zero-order chi connectivity index (χ0) is 12.3. The van der Waals surface area contributed by atoms with Crippen LogP contribution >= 0.6 is 27.5 Å². The van der Waals surface area contributed by atoms with Gasteiger partial charge in [-0.25, -0.2) is 0 Å². The summed E-state index contributed by atoms with van der Waals surface area (Å²) in [6.07, 6.45) is 1.21. The molecule has 0 amide bonds. The van der Waals surface area contributed by atoms with Crippen molar-refractivity contribution in [3.05, 3.63) is 28.2 Å². The van der Waals surface area contributed by atoms with E-state index in [-0.39, 0.29) is 0 Å². The van der Waals surface area contributed by atoms with Crippen LogP contribution in [0.1, 0.15) is 12.0 Å². The number of rotatable bonds is 4. The van der Waals surface area contributed by atoms with Gasteiger partial charge in [-0.3, -0.25) is 0 Å². The number of methoxy groups -OCH3 is 1. The lowest BCUT2D eigenvalue weighted by Crippen LogP contribution is -2.21. The predicted octanol–water partition coefficient (Wildman–Crippen LogP) is 3.66. The summed E-state index contributed by atoms with van der Waals surface area (Å²) in [5, 5.41) is 0. The van der Waals surface area contributed by atoms with E-state index in [0.29, 0.717) is 11.8 Å². The van der Waals surface area contributed by atoms with Gasteiger partial charge in [0.15, 0.2) is 0 Å². The molecule has 94 valence electrons. The number of nitrogens with zero attached hydrogens (tertiary/aromatic N) is 1. The Morgan fingerprint density at radius 2 is 2.35 bits per heavy atom. The van der Waals surface area contributed by atoms with Crippen LogP contribution in [0.5, 0.6) is 0 Å². The van der Waals surface area contributed by atoms with Crippen molar-refractivity contribution in [3.8, 4) is 0 Å². The highest BCUT2D eigenvalue weighted by molar-refractivity contribution is 9.10. The molecule has 1 atom stereocenters. The van der Waals surface area contributed by atoms with Crippen molar-refractivity contribution in [2.75, 3.05) is 31.7 Å². The fourth-order valence-corrected chi connectivity index (χ4v) is 3.16. The maximum atomic E-state index is 5.82. The third-order valence-corrected chi connectivity index (χ3v) is 4.14. The first-order valence-electron chi connectivity index (χ1n) is 5.83. The van der Waals surface area contributed by atoms with Crippen LogP contribution in [0, 0.1) is 5.92 Å². The number of benzene rings is 1. The Bertz CT molecular complexity index is 386. The highest BCUT2D eigenvalue weighted by atomic mass is 79.9. The Morgan fingerprint density at radius 3 is 3.00 bits per heavy atom. The molecule has 1 heterocycles. The Hall–Kier alpha value is -0.250. The van der Waals surface area contributed by atoms with Gasteiger partial charge in [-0.15, -0.1) is 11.6 Å². The van der Waals surface area contributed by atoms with Gasteiger partial charge in [0.1, 0.15) is 0 Å². The van der Waals surface area contributed by atoms with Gasteiger partial charge in [0, 0.05) is 36.5 Å². The van der Waals surface area contributed by atoms with Crippen molar-refractivity contribution in [1.29, 1.82) is 0 Å². The van der Waals surface area contributed by atoms with Gasteiger partial charge in [0.25, 0.3) is 0 Å². The third kappa shape index (κ3) is 3.15. The first kappa shape index (κ1) is 13.2. The quantitative estimate of drug-likeness (QED) is 0.786. The van der Waals surface area contributed by atoms with E-state index in [4.69, 9.17) is 16.3 Å². The molecule has 1 aromatic rings. The van der Waals surface area contributed by atoms with Gasteiger partial charge in [-0.2, -0.15) is 0 Å². The summed E-state index contributed by atoms with van der Waals surface area (Å²) in [6.45, 7) is 3.04. The maximum Gasteiger partial charge on any atom is 0.0510 e. The van der Waals surface area contributed by atoms with E-state index in [9.17, 15) is 0 Å². The molecular weight excluding hydrogens is 302 g/mol. The standard InChI is InChI=1S/C13H17BrClNO/c1-17-9-11-4-5-16(8-11)13-3-2-10(7-15)6-12(13)14/h2-3,6,11H,4-5,7-9H2,1H3. The van der Waals surface area contributed by atoms with Crippen LogP contribution in [0.4, 0.5) is 5.69 Å². The minimum atomic E-state index is 0.561. The summed E-state index contributed by atoms with van der Waals surface area (Å²) in [5.41, 5.74) is 2.41. The van der Waals surface area contributed by atoms with E-state index in [1.165, 1.54) is 12.1 Å². The Kier molecular flexibility index (Phi) is 4.71. The Balaban J connectivity index is 2.08. The molecule has 1 aromatic carbocycles. The number of ether oxygens (including phenoxy) is 1. The van der Waals surface area contributed by atoms with Crippen molar-refractivity contribution >= 4 is 33.2 Å². The maximum absolute atomic E-state index is 5.82. The molecule has 2 rings (SSSR count). The minimum Gasteiger partial charge on any atom is -0.384 e. The highest BCUT2D eigenvalue weighted by Gasteiger charge is 2.23. The van der Waals surface area contributed by atoms with Crippen molar-refractivity contribution < 1.29 is 4.74 Å². The molecule has 2 nitrogen and oxygen atoms in total. The average molecular weight is 319 g/mol. The minimum absolute atomic E-state index is 0.561. The molecule has 0 aliphatic carbocycles. The zero-order valence-electron chi connectivity index (χ0n) is 9.96. The highest BCUT2D eigenvalue weighted by Crippen LogP contribution is 2.31. The molecule has 0 bridgehead atoms. The smallest absolute Gasteiger partial charge is 0.0510 e. The van der Waals surface area contributed by atoms with Crippen molar-refractivity contribution in [2.24, 2.45) is 5.92 Å². The van der Waals surface area contributed by atoms with Gasteiger partial charge in [-0.05, 0) is 40.0 Å². The summed E-state index contributed by atoms with van der Waals surface area (Å²) in [5.74, 6) is 1.21. The number of halogens is 2. The molecule has 0 saturated carbocycles. The first-order chi connectivity index (χ1) is 8.24. The lowest BCUT2D eigenvalue weighted by atomic mass is 10.1. The van der Waals surface area contributed by atoms with E-state index in [2.05, 4.69) is 39.0 Å². The number of hydrogen-bond acceptors (Lipinski definition) is 2. The third-order valence-electron chi connectivity index (χ3n) is 3.20. The molecular formula is C13H17BrClNO. The number of anilines is 1. The largest absolute Gasteiger partial charge is 0.384 e. The van der Waals surface area contributed by atoms with Gasteiger partial charge < -0.3 is 9.64 Å².